The maximum atomic E-state index is 6.45. The van der Waals surface area contributed by atoms with Gasteiger partial charge in [-0.1, -0.05) is 38.1 Å². The third kappa shape index (κ3) is 1.68. The number of benzene rings is 1. The average Bonchev–Trinajstić information content (AvgIpc) is 2.93. The molecule has 1 aliphatic carbocycles. The fourth-order valence-corrected chi connectivity index (χ4v) is 5.07. The maximum absolute atomic E-state index is 6.45. The molecule has 1 aromatic carbocycles. The number of imidazole rings is 1. The summed E-state index contributed by atoms with van der Waals surface area (Å²) in [5.74, 6) is 0.676. The number of fused-ring (bicyclic) bond motifs is 1. The highest BCUT2D eigenvalue weighted by Gasteiger charge is 2.70. The summed E-state index contributed by atoms with van der Waals surface area (Å²) in [6, 6.07) is 8.97. The molecule has 0 saturated heterocycles. The van der Waals surface area contributed by atoms with E-state index in [9.17, 15) is 0 Å². The molecule has 0 amide bonds. The molecule has 0 fully saturated rings. The van der Waals surface area contributed by atoms with Crippen molar-refractivity contribution < 1.29 is 14.0 Å². The third-order valence-corrected chi connectivity index (χ3v) is 5.89. The predicted octanol–water partition coefficient (Wildman–Crippen LogP) is 3.16. The molecule has 2 bridgehead atoms. The number of ether oxygens (including phenoxy) is 2. The first-order valence-corrected chi connectivity index (χ1v) is 8.92. The van der Waals surface area contributed by atoms with Gasteiger partial charge in [-0.3, -0.25) is 0 Å². The summed E-state index contributed by atoms with van der Waals surface area (Å²) in [7, 11) is 2.12. The monoisotopic (exact) mass is 327 g/mol. The first-order valence-electron chi connectivity index (χ1n) is 8.92. The van der Waals surface area contributed by atoms with Gasteiger partial charge in [0.1, 0.15) is 24.4 Å². The van der Waals surface area contributed by atoms with E-state index in [1.165, 1.54) is 17.0 Å². The second-order valence-corrected chi connectivity index (χ2v) is 7.39. The van der Waals surface area contributed by atoms with Crippen LogP contribution in [0.2, 0.25) is 0 Å². The van der Waals surface area contributed by atoms with Crippen LogP contribution in [0.3, 0.4) is 0 Å². The number of nitrogens with zero attached hydrogens (tertiary/aromatic N) is 2. The van der Waals surface area contributed by atoms with Crippen molar-refractivity contribution in [2.75, 3.05) is 13.2 Å². The van der Waals surface area contributed by atoms with Gasteiger partial charge in [-0.2, -0.15) is 0 Å². The number of hydrogen-bond donors (Lipinski definition) is 0. The normalized spacial score (nSPS) is 25.4. The van der Waals surface area contributed by atoms with Crippen molar-refractivity contribution in [3.05, 3.63) is 53.6 Å². The van der Waals surface area contributed by atoms with Gasteiger partial charge >= 0.3 is 0 Å². The molecular formula is C20H27N2O2+. The van der Waals surface area contributed by atoms with E-state index < -0.39 is 5.79 Å². The molecule has 24 heavy (non-hydrogen) atoms. The smallest absolute Gasteiger partial charge is 0.270 e. The fourth-order valence-electron chi connectivity index (χ4n) is 5.07. The maximum Gasteiger partial charge on any atom is 0.270 e. The molecule has 0 unspecified atom stereocenters. The van der Waals surface area contributed by atoms with E-state index in [0.717, 1.165) is 0 Å². The lowest BCUT2D eigenvalue weighted by Gasteiger charge is -2.57. The number of hydrogen-bond acceptors (Lipinski definition) is 2. The highest BCUT2D eigenvalue weighted by molar-refractivity contribution is 5.44. The first kappa shape index (κ1) is 15.9. The first-order chi connectivity index (χ1) is 11.5. The Morgan fingerprint density at radius 2 is 1.71 bits per heavy atom. The Kier molecular flexibility index (Phi) is 3.42. The molecule has 4 heteroatoms. The zero-order valence-electron chi connectivity index (χ0n) is 15.2. The van der Waals surface area contributed by atoms with E-state index in [4.69, 9.17) is 9.47 Å². The molecule has 1 aromatic heterocycles. The van der Waals surface area contributed by atoms with Crippen molar-refractivity contribution in [3.63, 3.8) is 0 Å². The van der Waals surface area contributed by atoms with Crippen LogP contribution in [0.15, 0.2) is 36.7 Å². The molecule has 0 spiro atoms. The molecule has 0 radical (unpaired) electrons. The van der Waals surface area contributed by atoms with Gasteiger partial charge in [-0.25, -0.2) is 9.13 Å². The second kappa shape index (κ2) is 5.17. The van der Waals surface area contributed by atoms with E-state index in [-0.39, 0.29) is 17.4 Å². The summed E-state index contributed by atoms with van der Waals surface area (Å²) in [6.07, 6.45) is 4.35. The molecule has 2 aromatic rings. The molecule has 4 nitrogen and oxygen atoms in total. The van der Waals surface area contributed by atoms with Gasteiger partial charge in [0.05, 0.1) is 12.5 Å². The van der Waals surface area contributed by atoms with Crippen molar-refractivity contribution >= 4 is 0 Å². The molecule has 0 N–H and O–H groups in total. The Labute approximate surface area is 144 Å². The van der Waals surface area contributed by atoms with E-state index in [2.05, 4.69) is 80.5 Å². The van der Waals surface area contributed by atoms with Crippen LogP contribution in [-0.2, 0) is 16.5 Å². The minimum atomic E-state index is -0.651. The fraction of sp³-hybridized carbons (Fsp3) is 0.550. The van der Waals surface area contributed by atoms with E-state index >= 15 is 0 Å². The summed E-state index contributed by atoms with van der Waals surface area (Å²) in [6.45, 7) is 9.97. The highest BCUT2D eigenvalue weighted by atomic mass is 16.7. The molecule has 3 aliphatic rings. The van der Waals surface area contributed by atoms with E-state index in [0.29, 0.717) is 13.2 Å². The van der Waals surface area contributed by atoms with Gasteiger partial charge in [0.15, 0.2) is 5.79 Å². The van der Waals surface area contributed by atoms with Crippen LogP contribution in [0.25, 0.3) is 0 Å². The number of aromatic nitrogens is 2. The van der Waals surface area contributed by atoms with Gasteiger partial charge in [0.25, 0.3) is 5.82 Å². The molecule has 0 saturated carbocycles. The van der Waals surface area contributed by atoms with Crippen LogP contribution < -0.4 is 4.57 Å². The van der Waals surface area contributed by atoms with Gasteiger partial charge in [-0.05, 0) is 19.4 Å². The van der Waals surface area contributed by atoms with Crippen molar-refractivity contribution in [2.45, 2.75) is 45.4 Å². The Morgan fingerprint density at radius 1 is 1.08 bits per heavy atom. The van der Waals surface area contributed by atoms with E-state index in [1.54, 1.807) is 0 Å². The Bertz CT molecular complexity index is 772. The lowest BCUT2D eigenvalue weighted by Crippen LogP contribution is -2.71. The summed E-state index contributed by atoms with van der Waals surface area (Å²) in [4.78, 5) is 0. The van der Waals surface area contributed by atoms with Crippen LogP contribution in [0, 0.1) is 5.41 Å². The number of aryl methyl sites for hydroxylation is 1. The number of rotatable bonds is 4. The Hall–Kier alpha value is -1.65. The lowest BCUT2D eigenvalue weighted by molar-refractivity contribution is -0.755. The Morgan fingerprint density at radius 3 is 2.33 bits per heavy atom. The summed E-state index contributed by atoms with van der Waals surface area (Å²) >= 11 is 0. The molecule has 2 atom stereocenters. The Balaban J connectivity index is 2.08. The highest BCUT2D eigenvalue weighted by Crippen LogP contribution is 2.61. The summed E-state index contributed by atoms with van der Waals surface area (Å²) in [5, 5.41) is 0. The second-order valence-electron chi connectivity index (χ2n) is 7.39. The average molecular weight is 327 g/mol. The van der Waals surface area contributed by atoms with Crippen molar-refractivity contribution in [3.8, 4) is 0 Å². The minimum absolute atomic E-state index is 0.0635. The molecule has 2 aliphatic heterocycles. The summed E-state index contributed by atoms with van der Waals surface area (Å²) in [5.41, 5.74) is 2.55. The standard InChI is InChI=1S/C20H27N2O2/c1-6-23-20(24-7-2)16-14-10-8-9-11-15(14)17(19(20,3)4)22-13-12-21(5)18(16)22/h8-13,16-17H,6-7H2,1-5H3/q+1/t16-,17-/m0/s1. The zero-order chi connectivity index (χ0) is 17.1. The summed E-state index contributed by atoms with van der Waals surface area (Å²) < 4.78 is 17.5. The van der Waals surface area contributed by atoms with Crippen LogP contribution in [0.4, 0.5) is 0 Å². The largest absolute Gasteiger partial charge is 0.348 e. The molecule has 3 heterocycles. The van der Waals surface area contributed by atoms with Crippen LogP contribution >= 0.6 is 0 Å². The van der Waals surface area contributed by atoms with Gasteiger partial charge < -0.3 is 9.47 Å². The van der Waals surface area contributed by atoms with Gasteiger partial charge in [-0.15, -0.1) is 0 Å². The van der Waals surface area contributed by atoms with Crippen molar-refractivity contribution in [1.82, 2.24) is 4.57 Å². The predicted molar refractivity (Wildman–Crippen MR) is 91.8 cm³/mol. The minimum Gasteiger partial charge on any atom is -0.348 e. The lowest BCUT2D eigenvalue weighted by atomic mass is 9.58. The SMILES string of the molecule is CCOC1(OCC)[C@H]2c3ccccc3[C@H]([n+]3ccn(C)c32)C1(C)C. The van der Waals surface area contributed by atoms with Crippen molar-refractivity contribution in [1.29, 1.82) is 0 Å². The van der Waals surface area contributed by atoms with Crippen LogP contribution in [-0.4, -0.2) is 23.6 Å². The topological polar surface area (TPSA) is 27.3 Å². The third-order valence-electron chi connectivity index (χ3n) is 5.89. The van der Waals surface area contributed by atoms with E-state index in [1.807, 2.05) is 0 Å². The van der Waals surface area contributed by atoms with Crippen LogP contribution in [0.1, 0.15) is 56.6 Å². The molecular weight excluding hydrogens is 300 g/mol. The molecule has 5 rings (SSSR count). The van der Waals surface area contributed by atoms with Crippen molar-refractivity contribution in [2.24, 2.45) is 12.5 Å². The molecule has 128 valence electrons. The van der Waals surface area contributed by atoms with Gasteiger partial charge in [0, 0.05) is 18.8 Å². The van der Waals surface area contributed by atoms with Gasteiger partial charge in [0.2, 0.25) is 0 Å². The zero-order valence-corrected chi connectivity index (χ0v) is 15.2. The van der Waals surface area contributed by atoms with Crippen LogP contribution in [0.5, 0.6) is 0 Å². The quantitative estimate of drug-likeness (QED) is 0.637.